The molecular formula is C18H16FN5O. The number of nitrogens with zero attached hydrogens (tertiary/aromatic N) is 4. The van der Waals surface area contributed by atoms with E-state index in [0.29, 0.717) is 16.9 Å². The van der Waals surface area contributed by atoms with Crippen molar-refractivity contribution >= 4 is 11.5 Å². The Bertz CT molecular complexity index is 850. The third-order valence-corrected chi connectivity index (χ3v) is 3.90. The lowest BCUT2D eigenvalue weighted by Crippen LogP contribution is -2.43. The van der Waals surface area contributed by atoms with Crippen molar-refractivity contribution in [3.63, 3.8) is 0 Å². The third-order valence-electron chi connectivity index (χ3n) is 3.90. The summed E-state index contributed by atoms with van der Waals surface area (Å²) in [6.45, 7) is 10.2. The number of aromatic nitrogens is 1. The highest BCUT2D eigenvalue weighted by Crippen LogP contribution is 2.22. The number of anilines is 1. The largest absolute Gasteiger partial charge is 0.473 e. The molecule has 1 aromatic carbocycles. The highest BCUT2D eigenvalue weighted by molar-refractivity contribution is 5.49. The lowest BCUT2D eigenvalue weighted by atomic mass is 10.2. The smallest absolute Gasteiger partial charge is 0.216 e. The average Bonchev–Trinajstić information content (AvgIpc) is 2.67. The van der Waals surface area contributed by atoms with Crippen LogP contribution in [0.4, 0.5) is 15.9 Å². The van der Waals surface area contributed by atoms with Crippen molar-refractivity contribution in [1.29, 1.82) is 5.26 Å². The molecule has 0 radical (unpaired) electrons. The van der Waals surface area contributed by atoms with Crippen LogP contribution in [0, 0.1) is 23.7 Å². The Morgan fingerprint density at radius 3 is 2.80 bits per heavy atom. The number of ether oxygens (including phenoxy) is 1. The number of rotatable bonds is 4. The van der Waals surface area contributed by atoms with Gasteiger partial charge < -0.3 is 15.0 Å². The first-order valence-corrected chi connectivity index (χ1v) is 7.86. The van der Waals surface area contributed by atoms with Crippen molar-refractivity contribution in [3.05, 3.63) is 58.7 Å². The number of halogens is 1. The van der Waals surface area contributed by atoms with Crippen LogP contribution in [0.1, 0.15) is 11.1 Å². The van der Waals surface area contributed by atoms with Crippen LogP contribution in [0.2, 0.25) is 0 Å². The van der Waals surface area contributed by atoms with E-state index >= 15 is 0 Å². The van der Waals surface area contributed by atoms with Crippen LogP contribution < -0.4 is 15.0 Å². The van der Waals surface area contributed by atoms with Gasteiger partial charge in [-0.1, -0.05) is 12.1 Å². The number of hydrogen-bond acceptors (Lipinski definition) is 5. The van der Waals surface area contributed by atoms with E-state index in [1.165, 1.54) is 18.2 Å². The number of piperazine rings is 1. The first-order chi connectivity index (χ1) is 12.2. The molecule has 1 N–H and O–H groups in total. The number of hydrogen-bond donors (Lipinski definition) is 1. The van der Waals surface area contributed by atoms with Crippen LogP contribution in [0.3, 0.4) is 0 Å². The van der Waals surface area contributed by atoms with Gasteiger partial charge in [-0.05, 0) is 12.1 Å². The highest BCUT2D eigenvalue weighted by atomic mass is 19.1. The van der Waals surface area contributed by atoms with Crippen molar-refractivity contribution in [2.24, 2.45) is 0 Å². The predicted octanol–water partition coefficient (Wildman–Crippen LogP) is 2.63. The SMILES string of the molecule is [C-]#[N+]c1ccc(COc2cc(C#N)cc(N3CCNCC3)n2)c(F)c1. The van der Waals surface area contributed by atoms with E-state index in [0.717, 1.165) is 26.2 Å². The summed E-state index contributed by atoms with van der Waals surface area (Å²) in [6.07, 6.45) is 0. The summed E-state index contributed by atoms with van der Waals surface area (Å²) in [5, 5.41) is 12.5. The summed E-state index contributed by atoms with van der Waals surface area (Å²) in [5.41, 5.74) is 1.02. The zero-order chi connectivity index (χ0) is 17.6. The van der Waals surface area contributed by atoms with Crippen LogP contribution in [-0.4, -0.2) is 31.2 Å². The lowest BCUT2D eigenvalue weighted by Gasteiger charge is -2.28. The summed E-state index contributed by atoms with van der Waals surface area (Å²) in [5.74, 6) is 0.466. The van der Waals surface area contributed by atoms with Gasteiger partial charge in [0.25, 0.3) is 0 Å². The van der Waals surface area contributed by atoms with Crippen molar-refractivity contribution in [1.82, 2.24) is 10.3 Å². The van der Waals surface area contributed by atoms with E-state index in [2.05, 4.69) is 26.1 Å². The van der Waals surface area contributed by atoms with Crippen molar-refractivity contribution in [2.75, 3.05) is 31.1 Å². The maximum Gasteiger partial charge on any atom is 0.216 e. The molecule has 0 amide bonds. The number of nitrogens with one attached hydrogen (secondary N) is 1. The normalized spacial score (nSPS) is 13.8. The van der Waals surface area contributed by atoms with E-state index in [1.807, 2.05) is 0 Å². The second kappa shape index (κ2) is 7.61. The second-order valence-corrected chi connectivity index (χ2v) is 5.58. The van der Waals surface area contributed by atoms with Crippen molar-refractivity contribution in [3.8, 4) is 11.9 Å². The highest BCUT2D eigenvalue weighted by Gasteiger charge is 2.14. The monoisotopic (exact) mass is 337 g/mol. The number of pyridine rings is 1. The summed E-state index contributed by atoms with van der Waals surface area (Å²) < 4.78 is 19.5. The van der Waals surface area contributed by atoms with E-state index < -0.39 is 5.82 Å². The molecule has 126 valence electrons. The number of nitriles is 1. The zero-order valence-electron chi connectivity index (χ0n) is 13.5. The summed E-state index contributed by atoms with van der Waals surface area (Å²) >= 11 is 0. The lowest BCUT2D eigenvalue weighted by molar-refractivity contribution is 0.288. The standard InChI is InChI=1S/C18H16FN5O/c1-21-15-3-2-14(16(19)10-15)12-25-18-9-13(11-20)8-17(23-18)24-6-4-22-5-7-24/h2-3,8-10,22H,4-7,12H2. The van der Waals surface area contributed by atoms with E-state index in [-0.39, 0.29) is 18.2 Å². The summed E-state index contributed by atoms with van der Waals surface area (Å²) in [7, 11) is 0. The van der Waals surface area contributed by atoms with Crippen molar-refractivity contribution < 1.29 is 9.13 Å². The molecule has 6 nitrogen and oxygen atoms in total. The topological polar surface area (TPSA) is 65.5 Å². The van der Waals surface area contributed by atoms with E-state index in [4.69, 9.17) is 11.3 Å². The molecule has 1 aromatic heterocycles. The molecule has 0 saturated carbocycles. The molecule has 1 aliphatic heterocycles. The minimum Gasteiger partial charge on any atom is -0.473 e. The Hall–Kier alpha value is -3.16. The quantitative estimate of drug-likeness (QED) is 0.869. The zero-order valence-corrected chi connectivity index (χ0v) is 13.5. The minimum absolute atomic E-state index is 0.0208. The van der Waals surface area contributed by atoms with Crippen LogP contribution >= 0.6 is 0 Å². The first-order valence-electron chi connectivity index (χ1n) is 7.86. The Balaban J connectivity index is 1.78. The van der Waals surface area contributed by atoms with Gasteiger partial charge in [0.15, 0.2) is 5.69 Å². The van der Waals surface area contributed by atoms with E-state index in [9.17, 15) is 9.65 Å². The fourth-order valence-electron chi connectivity index (χ4n) is 2.56. The Labute approximate surface area is 145 Å². The van der Waals surface area contributed by atoms with Crippen LogP contribution in [0.25, 0.3) is 4.85 Å². The molecule has 2 heterocycles. The molecular weight excluding hydrogens is 321 g/mol. The van der Waals surface area contributed by atoms with Gasteiger partial charge in [0.1, 0.15) is 18.2 Å². The van der Waals surface area contributed by atoms with E-state index in [1.54, 1.807) is 12.1 Å². The molecule has 25 heavy (non-hydrogen) atoms. The first kappa shape index (κ1) is 16.7. The van der Waals surface area contributed by atoms with Crippen LogP contribution in [-0.2, 0) is 6.61 Å². The molecule has 0 spiro atoms. The molecule has 1 fully saturated rings. The second-order valence-electron chi connectivity index (χ2n) is 5.58. The van der Waals surface area contributed by atoms with Gasteiger partial charge in [0, 0.05) is 37.8 Å². The molecule has 0 aliphatic carbocycles. The Morgan fingerprint density at radius 2 is 2.12 bits per heavy atom. The summed E-state index contributed by atoms with van der Waals surface area (Å²) in [6, 6.07) is 9.61. The van der Waals surface area contributed by atoms with Gasteiger partial charge in [-0.25, -0.2) is 9.24 Å². The molecule has 1 saturated heterocycles. The average molecular weight is 337 g/mol. The van der Waals surface area contributed by atoms with Crippen molar-refractivity contribution in [2.45, 2.75) is 6.61 Å². The molecule has 1 aliphatic rings. The maximum absolute atomic E-state index is 13.9. The molecule has 0 bridgehead atoms. The summed E-state index contributed by atoms with van der Waals surface area (Å²) in [4.78, 5) is 9.70. The molecule has 0 atom stereocenters. The maximum atomic E-state index is 13.9. The fourth-order valence-corrected chi connectivity index (χ4v) is 2.56. The van der Waals surface area contributed by atoms with Crippen LogP contribution in [0.15, 0.2) is 30.3 Å². The fraction of sp³-hybridized carbons (Fsp3) is 0.278. The van der Waals surface area contributed by atoms with Gasteiger partial charge in [0.2, 0.25) is 5.88 Å². The molecule has 0 unspecified atom stereocenters. The Kier molecular flexibility index (Phi) is 5.08. The molecule has 3 rings (SSSR count). The molecule has 2 aromatic rings. The Morgan fingerprint density at radius 1 is 1.32 bits per heavy atom. The van der Waals surface area contributed by atoms with Gasteiger partial charge in [-0.2, -0.15) is 10.2 Å². The third kappa shape index (κ3) is 4.03. The minimum atomic E-state index is -0.493. The van der Waals surface area contributed by atoms with Gasteiger partial charge in [-0.3, -0.25) is 0 Å². The van der Waals surface area contributed by atoms with Gasteiger partial charge in [0.05, 0.1) is 18.2 Å². The van der Waals surface area contributed by atoms with Crippen LogP contribution in [0.5, 0.6) is 5.88 Å². The predicted molar refractivity (Wildman–Crippen MR) is 91.0 cm³/mol. The van der Waals surface area contributed by atoms with Gasteiger partial charge in [-0.15, -0.1) is 0 Å². The van der Waals surface area contributed by atoms with Gasteiger partial charge >= 0.3 is 0 Å². The molecule has 7 heteroatoms. The number of benzene rings is 1.